The predicted octanol–water partition coefficient (Wildman–Crippen LogP) is 4.15. The van der Waals surface area contributed by atoms with Crippen LogP contribution in [-0.4, -0.2) is 22.4 Å². The van der Waals surface area contributed by atoms with E-state index in [1.54, 1.807) is 12.1 Å². The van der Waals surface area contributed by atoms with Crippen molar-refractivity contribution in [1.29, 1.82) is 0 Å². The number of benzene rings is 2. The number of nitrogens with zero attached hydrogens (tertiary/aromatic N) is 2. The molecule has 0 atom stereocenters. The quantitative estimate of drug-likeness (QED) is 0.754. The first-order chi connectivity index (χ1) is 13.1. The Hall–Kier alpha value is -2.89. The molecule has 138 valence electrons. The van der Waals surface area contributed by atoms with Gasteiger partial charge in [-0.1, -0.05) is 25.0 Å². The van der Waals surface area contributed by atoms with Crippen LogP contribution >= 0.6 is 0 Å². The number of hydrogen-bond acceptors (Lipinski definition) is 3. The normalized spacial score (nSPS) is 15.8. The predicted molar refractivity (Wildman–Crippen MR) is 98.4 cm³/mol. The maximum atomic E-state index is 13.9. The van der Waals surface area contributed by atoms with E-state index >= 15 is 0 Å². The zero-order valence-electron chi connectivity index (χ0n) is 14.7. The molecule has 1 aliphatic carbocycles. The molecule has 1 aromatic heterocycles. The summed E-state index contributed by atoms with van der Waals surface area (Å²) in [5.74, 6) is -1.18. The molecular weight excluding hydrogens is 348 g/mol. The Morgan fingerprint density at radius 2 is 1.70 bits per heavy atom. The lowest BCUT2D eigenvalue weighted by Gasteiger charge is -2.30. The van der Waals surface area contributed by atoms with Gasteiger partial charge in [0.15, 0.2) is 0 Å². The number of carbonyl (C=O) groups is 1. The molecule has 1 aliphatic rings. The van der Waals surface area contributed by atoms with Gasteiger partial charge in [-0.15, -0.1) is 0 Å². The number of aromatic nitrogens is 2. The smallest absolute Gasteiger partial charge is 0.253 e. The van der Waals surface area contributed by atoms with Crippen molar-refractivity contribution >= 4 is 16.9 Å². The van der Waals surface area contributed by atoms with Gasteiger partial charge in [0.25, 0.3) is 5.91 Å². The molecular formula is C21H19F2N3O. The van der Waals surface area contributed by atoms with Gasteiger partial charge in [-0.3, -0.25) is 14.8 Å². The molecule has 0 bridgehead atoms. The minimum atomic E-state index is -0.526. The summed E-state index contributed by atoms with van der Waals surface area (Å²) in [7, 11) is 0. The van der Waals surface area contributed by atoms with Crippen molar-refractivity contribution in [1.82, 2.24) is 15.3 Å². The van der Waals surface area contributed by atoms with E-state index in [1.165, 1.54) is 36.7 Å². The van der Waals surface area contributed by atoms with Crippen LogP contribution in [0.5, 0.6) is 0 Å². The topological polar surface area (TPSA) is 54.9 Å². The second-order valence-corrected chi connectivity index (χ2v) is 7.05. The van der Waals surface area contributed by atoms with Crippen LogP contribution in [0.15, 0.2) is 48.8 Å². The molecule has 6 heteroatoms. The van der Waals surface area contributed by atoms with Gasteiger partial charge in [0.1, 0.15) is 17.2 Å². The van der Waals surface area contributed by atoms with E-state index in [0.29, 0.717) is 17.6 Å². The van der Waals surface area contributed by atoms with E-state index in [4.69, 9.17) is 0 Å². The molecule has 1 N–H and O–H groups in total. The number of rotatable bonds is 4. The van der Waals surface area contributed by atoms with Gasteiger partial charge in [-0.2, -0.15) is 0 Å². The van der Waals surface area contributed by atoms with E-state index in [2.05, 4.69) is 15.3 Å². The first-order valence-electron chi connectivity index (χ1n) is 9.02. The zero-order valence-corrected chi connectivity index (χ0v) is 14.7. The standard InChI is InChI=1S/C21H19F2N3O/c22-15-5-3-14(4-6-15)21(7-1-2-8-21)13-26-20(27)17-11-16(23)12-18-19(17)25-10-9-24-18/h3-6,9-12H,1-2,7-8,13H2,(H,26,27). The molecule has 0 spiro atoms. The maximum Gasteiger partial charge on any atom is 0.253 e. The lowest BCUT2D eigenvalue weighted by atomic mass is 9.78. The van der Waals surface area contributed by atoms with Crippen molar-refractivity contribution in [2.45, 2.75) is 31.1 Å². The third-order valence-corrected chi connectivity index (χ3v) is 5.39. The Kier molecular flexibility index (Phi) is 4.56. The highest BCUT2D eigenvalue weighted by Gasteiger charge is 2.36. The highest BCUT2D eigenvalue weighted by atomic mass is 19.1. The number of carbonyl (C=O) groups excluding carboxylic acids is 1. The van der Waals surface area contributed by atoms with Gasteiger partial charge < -0.3 is 5.32 Å². The van der Waals surface area contributed by atoms with Gasteiger partial charge in [-0.05, 0) is 36.6 Å². The van der Waals surface area contributed by atoms with Crippen LogP contribution in [0.3, 0.4) is 0 Å². The van der Waals surface area contributed by atoms with E-state index in [1.807, 2.05) is 0 Å². The van der Waals surface area contributed by atoms with Crippen molar-refractivity contribution in [3.8, 4) is 0 Å². The van der Waals surface area contributed by atoms with Crippen molar-refractivity contribution in [3.63, 3.8) is 0 Å². The third kappa shape index (κ3) is 3.39. The molecule has 0 saturated heterocycles. The SMILES string of the molecule is O=C(NCC1(c2ccc(F)cc2)CCCC1)c1cc(F)cc2nccnc12. The summed E-state index contributed by atoms with van der Waals surface area (Å²) in [4.78, 5) is 21.0. The molecule has 2 aromatic carbocycles. The number of amides is 1. The molecule has 1 fully saturated rings. The van der Waals surface area contributed by atoms with E-state index < -0.39 is 5.82 Å². The highest BCUT2D eigenvalue weighted by molar-refractivity contribution is 6.04. The van der Waals surface area contributed by atoms with Crippen molar-refractivity contribution in [2.24, 2.45) is 0 Å². The summed E-state index contributed by atoms with van der Waals surface area (Å²) >= 11 is 0. The average Bonchev–Trinajstić information content (AvgIpc) is 3.16. The summed E-state index contributed by atoms with van der Waals surface area (Å²) < 4.78 is 27.2. The fourth-order valence-electron chi connectivity index (χ4n) is 3.98. The van der Waals surface area contributed by atoms with Crippen molar-refractivity contribution < 1.29 is 13.6 Å². The molecule has 0 unspecified atom stereocenters. The summed E-state index contributed by atoms with van der Waals surface area (Å²) in [5.41, 5.74) is 1.68. The van der Waals surface area contributed by atoms with Crippen molar-refractivity contribution in [2.75, 3.05) is 6.54 Å². The third-order valence-electron chi connectivity index (χ3n) is 5.39. The lowest BCUT2D eigenvalue weighted by Crippen LogP contribution is -2.39. The van der Waals surface area contributed by atoms with Crippen LogP contribution in [0.4, 0.5) is 8.78 Å². The van der Waals surface area contributed by atoms with Crippen LogP contribution < -0.4 is 5.32 Å². The number of hydrogen-bond donors (Lipinski definition) is 1. The summed E-state index contributed by atoms with van der Waals surface area (Å²) in [6.07, 6.45) is 6.90. The summed E-state index contributed by atoms with van der Waals surface area (Å²) in [6.45, 7) is 0.412. The second kappa shape index (κ2) is 7.02. The molecule has 1 heterocycles. The van der Waals surface area contributed by atoms with Crippen LogP contribution in [0.1, 0.15) is 41.6 Å². The molecule has 4 nitrogen and oxygen atoms in total. The Bertz CT molecular complexity index is 982. The zero-order chi connectivity index (χ0) is 18.9. The van der Waals surface area contributed by atoms with Gasteiger partial charge in [-0.25, -0.2) is 8.78 Å². The van der Waals surface area contributed by atoms with E-state index in [9.17, 15) is 13.6 Å². The van der Waals surface area contributed by atoms with Crippen LogP contribution in [-0.2, 0) is 5.41 Å². The first-order valence-corrected chi connectivity index (χ1v) is 9.02. The highest BCUT2D eigenvalue weighted by Crippen LogP contribution is 2.40. The number of halogens is 2. The van der Waals surface area contributed by atoms with Gasteiger partial charge in [0.05, 0.1) is 11.1 Å². The minimum absolute atomic E-state index is 0.172. The second-order valence-electron chi connectivity index (χ2n) is 7.05. The van der Waals surface area contributed by atoms with Crippen LogP contribution in [0, 0.1) is 11.6 Å². The maximum absolute atomic E-state index is 13.9. The number of nitrogens with one attached hydrogen (secondary N) is 1. The Morgan fingerprint density at radius 1 is 1.00 bits per heavy atom. The monoisotopic (exact) mass is 367 g/mol. The minimum Gasteiger partial charge on any atom is -0.351 e. The molecule has 0 aliphatic heterocycles. The van der Waals surface area contributed by atoms with E-state index in [-0.39, 0.29) is 22.7 Å². The van der Waals surface area contributed by atoms with Crippen LogP contribution in [0.2, 0.25) is 0 Å². The molecule has 0 radical (unpaired) electrons. The van der Waals surface area contributed by atoms with E-state index in [0.717, 1.165) is 31.2 Å². The number of fused-ring (bicyclic) bond motifs is 1. The van der Waals surface area contributed by atoms with Gasteiger partial charge in [0.2, 0.25) is 0 Å². The largest absolute Gasteiger partial charge is 0.351 e. The molecule has 4 rings (SSSR count). The summed E-state index contributed by atoms with van der Waals surface area (Å²) in [6, 6.07) is 8.92. The Labute approximate surface area is 155 Å². The molecule has 1 amide bonds. The molecule has 1 saturated carbocycles. The lowest BCUT2D eigenvalue weighted by molar-refractivity contribution is 0.0944. The van der Waals surface area contributed by atoms with Gasteiger partial charge in [0, 0.05) is 30.4 Å². The van der Waals surface area contributed by atoms with Crippen molar-refractivity contribution in [3.05, 3.63) is 71.6 Å². The molecule has 3 aromatic rings. The molecule has 27 heavy (non-hydrogen) atoms. The first kappa shape index (κ1) is 17.5. The average molecular weight is 367 g/mol. The van der Waals surface area contributed by atoms with Crippen LogP contribution in [0.25, 0.3) is 11.0 Å². The Morgan fingerprint density at radius 3 is 2.44 bits per heavy atom. The fraction of sp³-hybridized carbons (Fsp3) is 0.286. The van der Waals surface area contributed by atoms with Gasteiger partial charge >= 0.3 is 0 Å². The Balaban J connectivity index is 1.60. The fourth-order valence-corrected chi connectivity index (χ4v) is 3.98. The summed E-state index contributed by atoms with van der Waals surface area (Å²) in [5, 5.41) is 2.95.